The fraction of sp³-hybridized carbons (Fsp3) is 0.500. The summed E-state index contributed by atoms with van der Waals surface area (Å²) in [4.78, 5) is 32.9. The van der Waals surface area contributed by atoms with E-state index in [2.05, 4.69) is 44.4 Å². The SMILES string of the molecule is CC(C)C=C(C#N)C(=O)N1CCCC1Cn1c(NC(=O)c2ccc(C(F)F)s2)nc2ccc(CNC(C)C(C)(C)C)cc21. The van der Waals surface area contributed by atoms with Crippen LogP contribution in [0, 0.1) is 22.7 Å². The van der Waals surface area contributed by atoms with E-state index in [4.69, 9.17) is 4.98 Å². The van der Waals surface area contributed by atoms with E-state index in [1.54, 1.807) is 11.0 Å². The van der Waals surface area contributed by atoms with Gasteiger partial charge >= 0.3 is 0 Å². The van der Waals surface area contributed by atoms with Crippen molar-refractivity contribution >= 4 is 40.1 Å². The molecule has 2 N–H and O–H groups in total. The Morgan fingerprint density at radius 2 is 1.95 bits per heavy atom. The maximum Gasteiger partial charge on any atom is 0.272 e. The molecule has 2 unspecified atom stereocenters. The summed E-state index contributed by atoms with van der Waals surface area (Å²) in [7, 11) is 0. The number of anilines is 1. The van der Waals surface area contributed by atoms with E-state index in [0.717, 1.165) is 35.3 Å². The quantitative estimate of drug-likeness (QED) is 0.192. The van der Waals surface area contributed by atoms with Gasteiger partial charge in [0.25, 0.3) is 18.2 Å². The molecule has 0 spiro atoms. The van der Waals surface area contributed by atoms with Crippen molar-refractivity contribution in [3.8, 4) is 6.07 Å². The second kappa shape index (κ2) is 13.3. The average molecular weight is 611 g/mol. The van der Waals surface area contributed by atoms with Crippen LogP contribution in [-0.2, 0) is 17.9 Å². The molecular formula is C32H40F2N6O2S. The number of carbonyl (C=O) groups excluding carboxylic acids is 2. The maximum atomic E-state index is 13.4. The first-order chi connectivity index (χ1) is 20.3. The van der Waals surface area contributed by atoms with Gasteiger partial charge < -0.3 is 14.8 Å². The topological polar surface area (TPSA) is 103 Å². The molecule has 2 atom stereocenters. The lowest BCUT2D eigenvalue weighted by molar-refractivity contribution is -0.127. The Labute approximate surface area is 255 Å². The van der Waals surface area contributed by atoms with Crippen molar-refractivity contribution in [1.82, 2.24) is 19.8 Å². The molecule has 0 radical (unpaired) electrons. The third-order valence-electron chi connectivity index (χ3n) is 7.90. The minimum absolute atomic E-state index is 0.0509. The van der Waals surface area contributed by atoms with E-state index in [-0.39, 0.29) is 50.6 Å². The van der Waals surface area contributed by atoms with Crippen molar-refractivity contribution in [3.63, 3.8) is 0 Å². The number of rotatable bonds is 10. The third kappa shape index (κ3) is 7.67. The first-order valence-corrected chi connectivity index (χ1v) is 15.4. The second-order valence-corrected chi connectivity index (χ2v) is 13.6. The summed E-state index contributed by atoms with van der Waals surface area (Å²) in [6.45, 7) is 14.0. The molecule has 2 amide bonds. The zero-order valence-electron chi connectivity index (χ0n) is 25.6. The van der Waals surface area contributed by atoms with Gasteiger partial charge in [-0.05, 0) is 60.9 Å². The van der Waals surface area contributed by atoms with Crippen molar-refractivity contribution < 1.29 is 18.4 Å². The molecule has 2 aromatic heterocycles. The Morgan fingerprint density at radius 3 is 2.58 bits per heavy atom. The van der Waals surface area contributed by atoms with Gasteiger partial charge in [0.15, 0.2) is 0 Å². The molecule has 3 heterocycles. The molecule has 230 valence electrons. The Morgan fingerprint density at radius 1 is 1.21 bits per heavy atom. The summed E-state index contributed by atoms with van der Waals surface area (Å²) in [5.74, 6) is -0.499. The fourth-order valence-corrected chi connectivity index (χ4v) is 5.80. The number of nitrogens with one attached hydrogen (secondary N) is 2. The summed E-state index contributed by atoms with van der Waals surface area (Å²) in [6, 6.07) is 10.7. The highest BCUT2D eigenvalue weighted by Crippen LogP contribution is 2.30. The number of imidazole rings is 1. The van der Waals surface area contributed by atoms with Crippen LogP contribution in [0.2, 0.25) is 0 Å². The predicted octanol–water partition coefficient (Wildman–Crippen LogP) is 6.91. The van der Waals surface area contributed by atoms with Gasteiger partial charge in [0, 0.05) is 25.7 Å². The Bertz CT molecular complexity index is 1550. The number of carbonyl (C=O) groups is 2. The Kier molecular flexibility index (Phi) is 10.0. The van der Waals surface area contributed by atoms with Crippen LogP contribution < -0.4 is 10.6 Å². The number of aromatic nitrogens is 2. The molecule has 3 aromatic rings. The second-order valence-electron chi connectivity index (χ2n) is 12.5. The smallest absolute Gasteiger partial charge is 0.272 e. The number of nitrogens with zero attached hydrogens (tertiary/aromatic N) is 4. The predicted molar refractivity (Wildman–Crippen MR) is 166 cm³/mol. The van der Waals surface area contributed by atoms with Crippen LogP contribution >= 0.6 is 11.3 Å². The van der Waals surface area contributed by atoms with Gasteiger partial charge in [0.1, 0.15) is 11.6 Å². The molecule has 0 saturated carbocycles. The normalized spacial score (nSPS) is 16.7. The monoisotopic (exact) mass is 610 g/mol. The van der Waals surface area contributed by atoms with Crippen LogP contribution in [0.5, 0.6) is 0 Å². The van der Waals surface area contributed by atoms with E-state index in [1.807, 2.05) is 36.6 Å². The van der Waals surface area contributed by atoms with Crippen molar-refractivity contribution in [1.29, 1.82) is 5.26 Å². The molecule has 43 heavy (non-hydrogen) atoms. The standard InChI is InChI=1S/C32H40F2N6O2S/c1-19(2)14-22(16-35)30(42)39-13-7-8-23(39)18-40-25-15-21(17-36-20(3)32(4,5)6)9-10-24(25)37-31(40)38-29(41)27-12-11-26(43-27)28(33)34/h9-12,14-15,19-20,23,28,36H,7-8,13,17-18H2,1-6H3,(H,37,38,41). The number of fused-ring (bicyclic) bond motifs is 1. The number of halogens is 2. The van der Waals surface area contributed by atoms with E-state index in [9.17, 15) is 23.6 Å². The molecule has 1 aliphatic heterocycles. The van der Waals surface area contributed by atoms with Crippen LogP contribution in [0.3, 0.4) is 0 Å². The molecule has 1 aromatic carbocycles. The third-order valence-corrected chi connectivity index (χ3v) is 8.99. The summed E-state index contributed by atoms with van der Waals surface area (Å²) in [5.41, 5.74) is 2.69. The zero-order valence-corrected chi connectivity index (χ0v) is 26.4. The average Bonchev–Trinajstić information content (AvgIpc) is 3.69. The van der Waals surface area contributed by atoms with Crippen LogP contribution in [0.25, 0.3) is 11.0 Å². The highest BCUT2D eigenvalue weighted by atomic mass is 32.1. The van der Waals surface area contributed by atoms with Gasteiger partial charge in [-0.2, -0.15) is 5.26 Å². The van der Waals surface area contributed by atoms with E-state index >= 15 is 0 Å². The van der Waals surface area contributed by atoms with Crippen LogP contribution in [-0.4, -0.2) is 44.9 Å². The van der Waals surface area contributed by atoms with E-state index < -0.39 is 12.3 Å². The first kappa shape index (κ1) is 32.3. The molecular weight excluding hydrogens is 570 g/mol. The van der Waals surface area contributed by atoms with Gasteiger partial charge in [-0.1, -0.05) is 46.8 Å². The van der Waals surface area contributed by atoms with Gasteiger partial charge in [0.05, 0.1) is 26.8 Å². The first-order valence-electron chi connectivity index (χ1n) is 14.6. The highest BCUT2D eigenvalue weighted by molar-refractivity contribution is 7.14. The minimum Gasteiger partial charge on any atom is -0.333 e. The highest BCUT2D eigenvalue weighted by Gasteiger charge is 2.32. The number of hydrogen-bond donors (Lipinski definition) is 2. The van der Waals surface area contributed by atoms with Gasteiger partial charge in [-0.25, -0.2) is 13.8 Å². The van der Waals surface area contributed by atoms with E-state index in [1.165, 1.54) is 12.1 Å². The number of alkyl halides is 2. The maximum absolute atomic E-state index is 13.4. The molecule has 4 rings (SSSR count). The van der Waals surface area contributed by atoms with Crippen molar-refractivity contribution in [2.75, 3.05) is 11.9 Å². The molecule has 0 bridgehead atoms. The molecule has 1 saturated heterocycles. The molecule has 1 fully saturated rings. The number of allylic oxidation sites excluding steroid dienone is 1. The largest absolute Gasteiger partial charge is 0.333 e. The van der Waals surface area contributed by atoms with Crippen LogP contribution in [0.4, 0.5) is 14.7 Å². The number of benzene rings is 1. The summed E-state index contributed by atoms with van der Waals surface area (Å²) in [6.07, 6.45) is 0.545. The summed E-state index contributed by atoms with van der Waals surface area (Å²) in [5, 5.41) is 16.1. The van der Waals surface area contributed by atoms with Crippen LogP contribution in [0.15, 0.2) is 42.0 Å². The minimum atomic E-state index is -2.65. The van der Waals surface area contributed by atoms with E-state index in [0.29, 0.717) is 25.2 Å². The summed E-state index contributed by atoms with van der Waals surface area (Å²) < 4.78 is 28.2. The zero-order chi connectivity index (χ0) is 31.5. The number of likely N-dealkylation sites (tertiary alicyclic amines) is 1. The molecule has 8 nitrogen and oxygen atoms in total. The molecule has 1 aliphatic rings. The Balaban J connectivity index is 1.69. The van der Waals surface area contributed by atoms with Gasteiger partial charge in [-0.3, -0.25) is 14.9 Å². The number of amides is 2. The van der Waals surface area contributed by atoms with Crippen LogP contribution in [0.1, 0.15) is 80.9 Å². The lowest BCUT2D eigenvalue weighted by Gasteiger charge is -2.28. The number of hydrogen-bond acceptors (Lipinski definition) is 6. The molecule has 0 aliphatic carbocycles. The van der Waals surface area contributed by atoms with Crippen molar-refractivity contribution in [2.24, 2.45) is 11.3 Å². The fourth-order valence-electron chi connectivity index (χ4n) is 5.04. The van der Waals surface area contributed by atoms with Crippen molar-refractivity contribution in [2.45, 2.75) is 86.0 Å². The van der Waals surface area contributed by atoms with Crippen molar-refractivity contribution in [3.05, 3.63) is 57.3 Å². The molecule has 11 heteroatoms. The lowest BCUT2D eigenvalue weighted by atomic mass is 9.88. The van der Waals surface area contributed by atoms with Gasteiger partial charge in [0.2, 0.25) is 5.95 Å². The lowest BCUT2D eigenvalue weighted by Crippen LogP contribution is -2.39. The number of thiophene rings is 1. The van der Waals surface area contributed by atoms with Gasteiger partial charge in [-0.15, -0.1) is 11.3 Å². The number of nitriles is 1. The summed E-state index contributed by atoms with van der Waals surface area (Å²) >= 11 is 0.745. The Hall–Kier alpha value is -3.62.